The van der Waals surface area contributed by atoms with E-state index in [0.717, 1.165) is 5.56 Å². The fraction of sp³-hybridized carbons (Fsp3) is 0.185. The van der Waals surface area contributed by atoms with Crippen LogP contribution in [0.1, 0.15) is 22.3 Å². The highest BCUT2D eigenvalue weighted by molar-refractivity contribution is 8.15. The number of aliphatic imine (C=N–C) groups is 1. The normalized spacial score (nSPS) is 17.2. The summed E-state index contributed by atoms with van der Waals surface area (Å²) in [5, 5.41) is 2.67. The molecule has 2 aliphatic heterocycles. The molecule has 9 nitrogen and oxygen atoms in total. The van der Waals surface area contributed by atoms with Gasteiger partial charge in [-0.3, -0.25) is 14.5 Å². The zero-order valence-corrected chi connectivity index (χ0v) is 20.7. The Bertz CT molecular complexity index is 1360. The van der Waals surface area contributed by atoms with E-state index in [2.05, 4.69) is 15.0 Å². The van der Waals surface area contributed by atoms with Crippen LogP contribution in [-0.4, -0.2) is 47.0 Å². The first kappa shape index (κ1) is 24.4. The molecule has 1 saturated heterocycles. The second kappa shape index (κ2) is 10.8. The third kappa shape index (κ3) is 5.59. The number of carbonyl (C=O) groups is 3. The highest BCUT2D eigenvalue weighted by atomic mass is 32.2. The molecule has 37 heavy (non-hydrogen) atoms. The summed E-state index contributed by atoms with van der Waals surface area (Å²) in [4.78, 5) is 44.1. The summed E-state index contributed by atoms with van der Waals surface area (Å²) >= 11 is 1.26. The van der Waals surface area contributed by atoms with Gasteiger partial charge in [-0.05, 0) is 54.1 Å². The van der Waals surface area contributed by atoms with Gasteiger partial charge in [0.05, 0.1) is 24.9 Å². The number of rotatable bonds is 7. The monoisotopic (exact) mass is 517 g/mol. The molecule has 1 N–H and O–H groups in total. The highest BCUT2D eigenvalue weighted by Crippen LogP contribution is 2.36. The Balaban J connectivity index is 1.32. The van der Waals surface area contributed by atoms with Crippen LogP contribution in [0.5, 0.6) is 11.5 Å². The van der Waals surface area contributed by atoms with Crippen molar-refractivity contribution in [1.82, 2.24) is 4.90 Å². The summed E-state index contributed by atoms with van der Waals surface area (Å²) in [6.45, 7) is 0.446. The average Bonchev–Trinajstić information content (AvgIpc) is 3.49. The largest absolute Gasteiger partial charge is 0.465 e. The van der Waals surface area contributed by atoms with Gasteiger partial charge in [0.2, 0.25) is 18.6 Å². The Kier molecular flexibility index (Phi) is 7.09. The number of hydrogen-bond donors (Lipinski definition) is 1. The fourth-order valence-electron chi connectivity index (χ4n) is 3.89. The van der Waals surface area contributed by atoms with Gasteiger partial charge in [0, 0.05) is 12.1 Å². The van der Waals surface area contributed by atoms with Gasteiger partial charge in [-0.2, -0.15) is 0 Å². The van der Waals surface area contributed by atoms with Crippen molar-refractivity contribution < 1.29 is 28.6 Å². The topological polar surface area (TPSA) is 107 Å². The lowest BCUT2D eigenvalue weighted by Crippen LogP contribution is -2.33. The van der Waals surface area contributed by atoms with Crippen LogP contribution in [0.15, 0.2) is 77.8 Å². The molecule has 2 aliphatic rings. The molecule has 188 valence electrons. The van der Waals surface area contributed by atoms with Gasteiger partial charge in [0.15, 0.2) is 16.7 Å². The molecule has 5 rings (SSSR count). The maximum Gasteiger partial charge on any atom is 0.337 e. The van der Waals surface area contributed by atoms with Crippen LogP contribution in [-0.2, 0) is 20.9 Å². The number of nitrogens with zero attached hydrogens (tertiary/aromatic N) is 2. The van der Waals surface area contributed by atoms with Gasteiger partial charge >= 0.3 is 5.97 Å². The van der Waals surface area contributed by atoms with E-state index in [-0.39, 0.29) is 31.6 Å². The molecule has 0 saturated carbocycles. The Morgan fingerprint density at radius 2 is 1.81 bits per heavy atom. The van der Waals surface area contributed by atoms with Crippen LogP contribution in [0.25, 0.3) is 0 Å². The predicted octanol–water partition coefficient (Wildman–Crippen LogP) is 4.36. The summed E-state index contributed by atoms with van der Waals surface area (Å²) in [5.74, 6) is 0.318. The van der Waals surface area contributed by atoms with Gasteiger partial charge in [0.1, 0.15) is 5.25 Å². The molecule has 1 fully saturated rings. The number of benzene rings is 3. The number of hydrogen-bond acceptors (Lipinski definition) is 8. The van der Waals surface area contributed by atoms with Crippen LogP contribution >= 0.6 is 11.8 Å². The first-order valence-electron chi connectivity index (χ1n) is 11.5. The van der Waals surface area contributed by atoms with Gasteiger partial charge < -0.3 is 19.5 Å². The first-order valence-corrected chi connectivity index (χ1v) is 12.4. The molecule has 0 radical (unpaired) electrons. The SMILES string of the molecule is COC(=O)c1ccc(NC(=O)C[C@@H]2SC(=Nc3ccccc3)N(Cc3ccc4c(c3)OCO4)C2=O)cc1. The number of amidine groups is 1. The number of para-hydroxylation sites is 1. The van der Waals surface area contributed by atoms with Crippen molar-refractivity contribution in [2.24, 2.45) is 4.99 Å². The van der Waals surface area contributed by atoms with Crippen molar-refractivity contribution in [3.8, 4) is 11.5 Å². The number of carbonyl (C=O) groups excluding carboxylic acids is 3. The quantitative estimate of drug-likeness (QED) is 0.464. The minimum Gasteiger partial charge on any atom is -0.465 e. The Hall–Kier alpha value is -4.31. The Labute approximate surface area is 217 Å². The molecular weight excluding hydrogens is 494 g/mol. The van der Waals surface area contributed by atoms with E-state index < -0.39 is 11.2 Å². The fourth-order valence-corrected chi connectivity index (χ4v) is 5.05. The van der Waals surface area contributed by atoms with Crippen LogP contribution in [0, 0.1) is 0 Å². The van der Waals surface area contributed by atoms with E-state index in [1.165, 1.54) is 18.9 Å². The van der Waals surface area contributed by atoms with Gasteiger partial charge in [-0.1, -0.05) is 36.0 Å². The number of amides is 2. The van der Waals surface area contributed by atoms with Gasteiger partial charge in [-0.15, -0.1) is 0 Å². The molecule has 2 amide bonds. The van der Waals surface area contributed by atoms with E-state index in [1.807, 2.05) is 48.5 Å². The van der Waals surface area contributed by atoms with E-state index >= 15 is 0 Å². The molecule has 0 aliphatic carbocycles. The lowest BCUT2D eigenvalue weighted by atomic mass is 10.1. The van der Waals surface area contributed by atoms with Crippen molar-refractivity contribution in [2.45, 2.75) is 18.2 Å². The van der Waals surface area contributed by atoms with E-state index in [9.17, 15) is 14.4 Å². The molecule has 0 bridgehead atoms. The van der Waals surface area contributed by atoms with Crippen LogP contribution in [0.4, 0.5) is 11.4 Å². The third-order valence-corrected chi connectivity index (χ3v) is 6.91. The zero-order chi connectivity index (χ0) is 25.8. The van der Waals surface area contributed by atoms with Crippen molar-refractivity contribution in [3.05, 3.63) is 83.9 Å². The predicted molar refractivity (Wildman–Crippen MR) is 139 cm³/mol. The van der Waals surface area contributed by atoms with Crippen LogP contribution < -0.4 is 14.8 Å². The second-order valence-electron chi connectivity index (χ2n) is 8.27. The first-order chi connectivity index (χ1) is 18.0. The summed E-state index contributed by atoms with van der Waals surface area (Å²) in [6.07, 6.45) is -0.0340. The van der Waals surface area contributed by atoms with Crippen LogP contribution in [0.2, 0.25) is 0 Å². The zero-order valence-electron chi connectivity index (χ0n) is 19.9. The number of thioether (sulfide) groups is 1. The molecule has 3 aromatic rings. The van der Waals surface area contributed by atoms with E-state index in [4.69, 9.17) is 9.47 Å². The van der Waals surface area contributed by atoms with Crippen LogP contribution in [0.3, 0.4) is 0 Å². The second-order valence-corrected chi connectivity index (χ2v) is 9.44. The summed E-state index contributed by atoms with van der Waals surface area (Å²) in [7, 11) is 1.31. The smallest absolute Gasteiger partial charge is 0.337 e. The lowest BCUT2D eigenvalue weighted by molar-refractivity contribution is -0.128. The maximum atomic E-state index is 13.4. The Morgan fingerprint density at radius 3 is 2.57 bits per heavy atom. The summed E-state index contributed by atoms with van der Waals surface area (Å²) < 4.78 is 15.5. The number of ether oxygens (including phenoxy) is 3. The molecule has 1 atom stereocenters. The summed E-state index contributed by atoms with van der Waals surface area (Å²) in [5.41, 5.74) is 2.46. The van der Waals surface area contributed by atoms with Gasteiger partial charge in [-0.25, -0.2) is 9.79 Å². The molecule has 3 aromatic carbocycles. The van der Waals surface area contributed by atoms with Crippen molar-refractivity contribution >= 4 is 46.1 Å². The lowest BCUT2D eigenvalue weighted by Gasteiger charge is -2.17. The number of fused-ring (bicyclic) bond motifs is 1. The van der Waals surface area contributed by atoms with E-state index in [0.29, 0.717) is 33.6 Å². The molecular formula is C27H23N3O6S. The molecule has 0 spiro atoms. The van der Waals surface area contributed by atoms with E-state index in [1.54, 1.807) is 29.2 Å². The minimum atomic E-state index is -0.634. The maximum absolute atomic E-state index is 13.4. The third-order valence-electron chi connectivity index (χ3n) is 5.74. The molecule has 0 aromatic heterocycles. The molecule has 2 heterocycles. The van der Waals surface area contributed by atoms with Crippen molar-refractivity contribution in [3.63, 3.8) is 0 Å². The molecule has 0 unspecified atom stereocenters. The minimum absolute atomic E-state index is 0.0340. The summed E-state index contributed by atoms with van der Waals surface area (Å²) in [6, 6.07) is 21.2. The van der Waals surface area contributed by atoms with Crippen molar-refractivity contribution in [2.75, 3.05) is 19.2 Å². The number of methoxy groups -OCH3 is 1. The number of anilines is 1. The number of esters is 1. The van der Waals surface area contributed by atoms with Crippen molar-refractivity contribution in [1.29, 1.82) is 0 Å². The molecule has 10 heteroatoms. The standard InChI is InChI=1S/C27H23N3O6S/c1-34-26(33)18-8-10-20(11-9-18)28-24(31)14-23-25(32)30(27(37-23)29-19-5-3-2-4-6-19)15-17-7-12-21-22(13-17)36-16-35-21/h2-13,23H,14-16H2,1H3,(H,28,31)/t23-/m0/s1. The van der Waals surface area contributed by atoms with Gasteiger partial charge in [0.25, 0.3) is 0 Å². The Morgan fingerprint density at radius 1 is 1.05 bits per heavy atom. The highest BCUT2D eigenvalue weighted by Gasteiger charge is 2.39. The number of nitrogens with one attached hydrogen (secondary N) is 1. The average molecular weight is 518 g/mol.